The number of nitriles is 1. The first-order chi connectivity index (χ1) is 7.48. The highest BCUT2D eigenvalue weighted by Gasteiger charge is 2.18. The minimum absolute atomic E-state index is 0.226. The first-order valence-corrected chi connectivity index (χ1v) is 5.05. The molecule has 0 radical (unpaired) electrons. The van der Waals surface area contributed by atoms with E-state index in [2.05, 4.69) is 11.4 Å². The number of benzene rings is 1. The number of anilines is 2. The van der Waals surface area contributed by atoms with E-state index in [1.807, 2.05) is 19.9 Å². The highest BCUT2D eigenvalue weighted by atomic mass is 16.5. The van der Waals surface area contributed by atoms with Crippen LogP contribution in [0.4, 0.5) is 11.4 Å². The van der Waals surface area contributed by atoms with Gasteiger partial charge in [-0.2, -0.15) is 5.26 Å². The third-order valence-electron chi connectivity index (χ3n) is 2.14. The summed E-state index contributed by atoms with van der Waals surface area (Å²) in [5.74, 6) is 0. The zero-order valence-electron chi connectivity index (χ0n) is 9.87. The predicted octanol–water partition coefficient (Wildman–Crippen LogP) is 1.98. The fourth-order valence-corrected chi connectivity index (χ4v) is 1.52. The van der Waals surface area contributed by atoms with Crippen molar-refractivity contribution in [3.8, 4) is 6.07 Å². The molecule has 0 unspecified atom stereocenters. The van der Waals surface area contributed by atoms with Crippen molar-refractivity contribution in [2.45, 2.75) is 19.4 Å². The molecule has 0 aliphatic carbocycles. The van der Waals surface area contributed by atoms with Gasteiger partial charge < -0.3 is 15.8 Å². The maximum atomic E-state index is 8.99. The second-order valence-electron chi connectivity index (χ2n) is 4.36. The Kier molecular flexibility index (Phi) is 3.75. The van der Waals surface area contributed by atoms with Crippen LogP contribution < -0.4 is 11.1 Å². The summed E-state index contributed by atoms with van der Waals surface area (Å²) in [5.41, 5.74) is 7.31. The Hall–Kier alpha value is -1.73. The van der Waals surface area contributed by atoms with E-state index in [0.717, 1.165) is 5.69 Å². The van der Waals surface area contributed by atoms with E-state index in [1.54, 1.807) is 19.2 Å². The van der Waals surface area contributed by atoms with E-state index < -0.39 is 0 Å². The lowest BCUT2D eigenvalue weighted by Gasteiger charge is -2.27. The maximum absolute atomic E-state index is 8.99. The van der Waals surface area contributed by atoms with Crippen molar-refractivity contribution in [2.24, 2.45) is 0 Å². The van der Waals surface area contributed by atoms with Gasteiger partial charge in [-0.3, -0.25) is 0 Å². The van der Waals surface area contributed by atoms with Gasteiger partial charge in [0.05, 0.1) is 23.4 Å². The van der Waals surface area contributed by atoms with Crippen molar-refractivity contribution in [2.75, 3.05) is 24.8 Å². The topological polar surface area (TPSA) is 71.1 Å². The zero-order valence-corrected chi connectivity index (χ0v) is 9.87. The minimum atomic E-state index is -0.226. The summed E-state index contributed by atoms with van der Waals surface area (Å²) < 4.78 is 5.11. The molecular formula is C12H17N3O. The van der Waals surface area contributed by atoms with Crippen LogP contribution in [0.15, 0.2) is 18.2 Å². The molecule has 1 aromatic carbocycles. The average Bonchev–Trinajstić information content (AvgIpc) is 2.20. The normalized spacial score (nSPS) is 10.9. The molecule has 0 atom stereocenters. The molecule has 0 spiro atoms. The fourth-order valence-electron chi connectivity index (χ4n) is 1.52. The van der Waals surface area contributed by atoms with Crippen LogP contribution >= 0.6 is 0 Å². The lowest BCUT2D eigenvalue weighted by molar-refractivity contribution is 0.158. The SMILES string of the molecule is COCC(C)(C)Nc1ccc(N)cc1C#N. The Morgan fingerprint density at radius 3 is 2.75 bits per heavy atom. The monoisotopic (exact) mass is 219 g/mol. The number of methoxy groups -OCH3 is 1. The zero-order chi connectivity index (χ0) is 12.2. The molecule has 0 fully saturated rings. The molecular weight excluding hydrogens is 202 g/mol. The van der Waals surface area contributed by atoms with Gasteiger partial charge in [-0.1, -0.05) is 0 Å². The van der Waals surface area contributed by atoms with Gasteiger partial charge >= 0.3 is 0 Å². The van der Waals surface area contributed by atoms with Gasteiger partial charge in [0.15, 0.2) is 0 Å². The number of nitrogens with two attached hydrogens (primary N) is 1. The van der Waals surface area contributed by atoms with Crippen LogP contribution in [0.3, 0.4) is 0 Å². The van der Waals surface area contributed by atoms with Crippen LogP contribution in [-0.4, -0.2) is 19.3 Å². The lowest BCUT2D eigenvalue weighted by Crippen LogP contribution is -2.36. The molecule has 1 aromatic rings. The summed E-state index contributed by atoms with van der Waals surface area (Å²) in [5, 5.41) is 12.3. The van der Waals surface area contributed by atoms with Gasteiger partial charge in [0.25, 0.3) is 0 Å². The first kappa shape index (κ1) is 12.3. The molecule has 0 aromatic heterocycles. The smallest absolute Gasteiger partial charge is 0.101 e. The Labute approximate surface area is 96.0 Å². The van der Waals surface area contributed by atoms with Gasteiger partial charge in [0, 0.05) is 12.8 Å². The van der Waals surface area contributed by atoms with Gasteiger partial charge in [0.1, 0.15) is 6.07 Å². The van der Waals surface area contributed by atoms with Gasteiger partial charge in [0.2, 0.25) is 0 Å². The Morgan fingerprint density at radius 2 is 2.19 bits per heavy atom. The lowest BCUT2D eigenvalue weighted by atomic mass is 10.0. The molecule has 16 heavy (non-hydrogen) atoms. The van der Waals surface area contributed by atoms with Gasteiger partial charge in [-0.05, 0) is 32.0 Å². The third kappa shape index (κ3) is 3.14. The van der Waals surface area contributed by atoms with Crippen LogP contribution in [-0.2, 0) is 4.74 Å². The summed E-state index contributed by atoms with van der Waals surface area (Å²) >= 11 is 0. The molecule has 86 valence electrons. The molecule has 0 amide bonds. The Balaban J connectivity index is 2.93. The highest BCUT2D eigenvalue weighted by molar-refractivity contribution is 5.63. The summed E-state index contributed by atoms with van der Waals surface area (Å²) in [6.07, 6.45) is 0. The van der Waals surface area contributed by atoms with Crippen molar-refractivity contribution in [1.29, 1.82) is 5.26 Å². The maximum Gasteiger partial charge on any atom is 0.101 e. The predicted molar refractivity (Wildman–Crippen MR) is 65.1 cm³/mol. The summed E-state index contributed by atoms with van der Waals surface area (Å²) in [4.78, 5) is 0. The minimum Gasteiger partial charge on any atom is -0.399 e. The summed E-state index contributed by atoms with van der Waals surface area (Å²) in [6, 6.07) is 7.36. The van der Waals surface area contributed by atoms with Crippen molar-refractivity contribution in [3.63, 3.8) is 0 Å². The molecule has 4 heteroatoms. The standard InChI is InChI=1S/C12H17N3O/c1-12(2,8-16-3)15-11-5-4-10(14)6-9(11)7-13/h4-6,15H,8,14H2,1-3H3. The van der Waals surface area contributed by atoms with E-state index in [9.17, 15) is 0 Å². The van der Waals surface area contributed by atoms with Crippen LogP contribution in [0.5, 0.6) is 0 Å². The van der Waals surface area contributed by atoms with E-state index in [1.165, 1.54) is 0 Å². The van der Waals surface area contributed by atoms with E-state index in [0.29, 0.717) is 17.9 Å². The second kappa shape index (κ2) is 4.86. The highest BCUT2D eigenvalue weighted by Crippen LogP contribution is 2.21. The van der Waals surface area contributed by atoms with E-state index in [4.69, 9.17) is 15.7 Å². The third-order valence-corrected chi connectivity index (χ3v) is 2.14. The van der Waals surface area contributed by atoms with Crippen LogP contribution in [0.25, 0.3) is 0 Å². The van der Waals surface area contributed by atoms with E-state index in [-0.39, 0.29) is 5.54 Å². The number of nitrogen functional groups attached to an aromatic ring is 1. The Bertz CT molecular complexity index is 407. The molecule has 0 aliphatic heterocycles. The van der Waals surface area contributed by atoms with Crippen LogP contribution in [0, 0.1) is 11.3 Å². The van der Waals surface area contributed by atoms with E-state index >= 15 is 0 Å². The van der Waals surface area contributed by atoms with Gasteiger partial charge in [-0.15, -0.1) is 0 Å². The second-order valence-corrected chi connectivity index (χ2v) is 4.36. The molecule has 4 nitrogen and oxygen atoms in total. The number of nitrogens with zero attached hydrogens (tertiary/aromatic N) is 1. The number of hydrogen-bond acceptors (Lipinski definition) is 4. The summed E-state index contributed by atoms with van der Waals surface area (Å²) in [7, 11) is 1.65. The molecule has 1 rings (SSSR count). The number of ether oxygens (including phenoxy) is 1. The molecule has 0 saturated heterocycles. The first-order valence-electron chi connectivity index (χ1n) is 5.05. The van der Waals surface area contributed by atoms with Crippen LogP contribution in [0.1, 0.15) is 19.4 Å². The molecule has 0 bridgehead atoms. The molecule has 0 aliphatic rings. The fraction of sp³-hybridized carbons (Fsp3) is 0.417. The molecule has 3 N–H and O–H groups in total. The summed E-state index contributed by atoms with van der Waals surface area (Å²) in [6.45, 7) is 4.57. The van der Waals surface area contributed by atoms with Crippen LogP contribution in [0.2, 0.25) is 0 Å². The van der Waals surface area contributed by atoms with Crippen molar-refractivity contribution in [1.82, 2.24) is 0 Å². The molecule has 0 heterocycles. The van der Waals surface area contributed by atoms with Crippen molar-refractivity contribution < 1.29 is 4.74 Å². The van der Waals surface area contributed by atoms with Crippen molar-refractivity contribution >= 4 is 11.4 Å². The quantitative estimate of drug-likeness (QED) is 0.759. The number of rotatable bonds is 4. The average molecular weight is 219 g/mol. The largest absolute Gasteiger partial charge is 0.399 e. The Morgan fingerprint density at radius 1 is 1.50 bits per heavy atom. The number of hydrogen-bond donors (Lipinski definition) is 2. The number of nitrogens with one attached hydrogen (secondary N) is 1. The van der Waals surface area contributed by atoms with Crippen molar-refractivity contribution in [3.05, 3.63) is 23.8 Å². The molecule has 0 saturated carbocycles. The van der Waals surface area contributed by atoms with Gasteiger partial charge in [-0.25, -0.2) is 0 Å².